The predicted molar refractivity (Wildman–Crippen MR) is 89.9 cm³/mol. The largest absolute Gasteiger partial charge is 0.443 e. The molecule has 0 saturated heterocycles. The molecule has 0 N–H and O–H groups in total. The molecule has 0 bridgehead atoms. The van der Waals surface area contributed by atoms with Crippen molar-refractivity contribution in [3.8, 4) is 0 Å². The Kier molecular flexibility index (Phi) is 6.02. The first-order chi connectivity index (χ1) is 10.9. The molecule has 1 heterocycles. The van der Waals surface area contributed by atoms with Gasteiger partial charge in [0, 0.05) is 19.6 Å². The fourth-order valence-corrected chi connectivity index (χ4v) is 2.67. The third-order valence-corrected chi connectivity index (χ3v) is 3.63. The number of amides is 1. The molecular weight excluding hydrogens is 294 g/mol. The molecule has 0 fully saturated rings. The van der Waals surface area contributed by atoms with Crippen LogP contribution in [0.4, 0.5) is 10.5 Å². The Morgan fingerprint density at radius 1 is 1.26 bits per heavy atom. The molecule has 128 valence electrons. The zero-order chi connectivity index (χ0) is 16.9. The minimum absolute atomic E-state index is 0.259. The van der Waals surface area contributed by atoms with Crippen LogP contribution >= 0.6 is 0 Å². The number of methoxy groups -OCH3 is 1. The van der Waals surface area contributed by atoms with Crippen molar-refractivity contribution in [3.05, 3.63) is 29.8 Å². The summed E-state index contributed by atoms with van der Waals surface area (Å²) in [6.07, 6.45) is 0.606. The molecule has 5 nitrogen and oxygen atoms in total. The van der Waals surface area contributed by atoms with Crippen molar-refractivity contribution in [3.63, 3.8) is 0 Å². The minimum atomic E-state index is -0.506. The first-order valence-electron chi connectivity index (χ1n) is 8.06. The van der Waals surface area contributed by atoms with E-state index in [-0.39, 0.29) is 12.0 Å². The van der Waals surface area contributed by atoms with E-state index in [1.54, 1.807) is 12.0 Å². The molecule has 1 atom stereocenters. The second kappa shape index (κ2) is 7.79. The lowest BCUT2D eigenvalue weighted by Gasteiger charge is -2.35. The first kappa shape index (κ1) is 17.8. The Morgan fingerprint density at radius 2 is 2.00 bits per heavy atom. The van der Waals surface area contributed by atoms with E-state index in [2.05, 4.69) is 6.07 Å². The van der Waals surface area contributed by atoms with Crippen LogP contribution in [0.2, 0.25) is 0 Å². The summed E-state index contributed by atoms with van der Waals surface area (Å²) in [6.45, 7) is 8.01. The fourth-order valence-electron chi connectivity index (χ4n) is 2.67. The topological polar surface area (TPSA) is 48.0 Å². The minimum Gasteiger partial charge on any atom is -0.443 e. The Balaban J connectivity index is 2.08. The number of ether oxygens (including phenoxy) is 3. The van der Waals surface area contributed by atoms with E-state index in [0.717, 1.165) is 17.7 Å². The number of rotatable bonds is 5. The summed E-state index contributed by atoms with van der Waals surface area (Å²) in [5, 5.41) is 0. The average Bonchev–Trinajstić information content (AvgIpc) is 2.49. The molecule has 0 radical (unpaired) electrons. The van der Waals surface area contributed by atoms with Gasteiger partial charge >= 0.3 is 6.09 Å². The fraction of sp³-hybridized carbons (Fsp3) is 0.611. The van der Waals surface area contributed by atoms with Crippen molar-refractivity contribution in [2.75, 3.05) is 38.4 Å². The zero-order valence-electron chi connectivity index (χ0n) is 14.5. The number of benzene rings is 1. The number of nitrogens with zero attached hydrogens (tertiary/aromatic N) is 1. The number of hydrogen-bond acceptors (Lipinski definition) is 4. The smallest absolute Gasteiger partial charge is 0.414 e. The number of para-hydroxylation sites is 1. The molecule has 0 aliphatic carbocycles. The van der Waals surface area contributed by atoms with Crippen molar-refractivity contribution < 1.29 is 19.0 Å². The van der Waals surface area contributed by atoms with Gasteiger partial charge in [-0.3, -0.25) is 4.90 Å². The van der Waals surface area contributed by atoms with Gasteiger partial charge in [-0.1, -0.05) is 18.2 Å². The quantitative estimate of drug-likeness (QED) is 0.781. The number of hydrogen-bond donors (Lipinski definition) is 0. The van der Waals surface area contributed by atoms with Crippen LogP contribution in [0, 0.1) is 5.92 Å². The van der Waals surface area contributed by atoms with Gasteiger partial charge in [-0.05, 0) is 38.8 Å². The zero-order valence-corrected chi connectivity index (χ0v) is 14.5. The van der Waals surface area contributed by atoms with Crippen LogP contribution in [0.1, 0.15) is 26.3 Å². The summed E-state index contributed by atoms with van der Waals surface area (Å²) in [5.74, 6) is 0.259. The summed E-state index contributed by atoms with van der Waals surface area (Å²) in [6, 6.07) is 7.99. The van der Waals surface area contributed by atoms with Crippen LogP contribution in [0.25, 0.3) is 0 Å². The van der Waals surface area contributed by atoms with E-state index in [4.69, 9.17) is 14.2 Å². The highest BCUT2D eigenvalue weighted by Crippen LogP contribution is 2.31. The van der Waals surface area contributed by atoms with Crippen LogP contribution in [0.3, 0.4) is 0 Å². The summed E-state index contributed by atoms with van der Waals surface area (Å²) in [4.78, 5) is 14.3. The van der Waals surface area contributed by atoms with Gasteiger partial charge in [0.1, 0.15) is 5.60 Å². The maximum Gasteiger partial charge on any atom is 0.414 e. The highest BCUT2D eigenvalue weighted by Gasteiger charge is 2.31. The highest BCUT2D eigenvalue weighted by molar-refractivity contribution is 5.89. The number of carbonyl (C=O) groups excluding carboxylic acids is 1. The lowest BCUT2D eigenvalue weighted by Crippen LogP contribution is -2.44. The number of carbonyl (C=O) groups is 1. The van der Waals surface area contributed by atoms with Gasteiger partial charge in [0.05, 0.1) is 25.5 Å². The Labute approximate surface area is 138 Å². The molecule has 5 heteroatoms. The van der Waals surface area contributed by atoms with E-state index in [1.165, 1.54) is 0 Å². The lowest BCUT2D eigenvalue weighted by atomic mass is 9.93. The second-order valence-corrected chi connectivity index (χ2v) is 6.86. The van der Waals surface area contributed by atoms with Crippen molar-refractivity contribution in [1.82, 2.24) is 0 Å². The molecular formula is C18H27NO4. The van der Waals surface area contributed by atoms with Gasteiger partial charge in [0.15, 0.2) is 0 Å². The summed E-state index contributed by atoms with van der Waals surface area (Å²) >= 11 is 0. The monoisotopic (exact) mass is 321 g/mol. The van der Waals surface area contributed by atoms with E-state index in [9.17, 15) is 4.79 Å². The molecule has 2 rings (SSSR count). The third-order valence-electron chi connectivity index (χ3n) is 3.63. The van der Waals surface area contributed by atoms with Gasteiger partial charge in [-0.2, -0.15) is 0 Å². The summed E-state index contributed by atoms with van der Waals surface area (Å²) < 4.78 is 16.2. The molecule has 0 aromatic heterocycles. The first-order valence-corrected chi connectivity index (χ1v) is 8.06. The van der Waals surface area contributed by atoms with Crippen LogP contribution in [0.15, 0.2) is 24.3 Å². The van der Waals surface area contributed by atoms with Gasteiger partial charge in [-0.25, -0.2) is 4.79 Å². The third kappa shape index (κ3) is 5.22. The molecule has 1 aliphatic heterocycles. The van der Waals surface area contributed by atoms with Crippen molar-refractivity contribution in [2.45, 2.75) is 32.8 Å². The maximum absolute atomic E-state index is 12.5. The predicted octanol–water partition coefficient (Wildman–Crippen LogP) is 3.26. The van der Waals surface area contributed by atoms with E-state index < -0.39 is 5.60 Å². The van der Waals surface area contributed by atoms with Gasteiger partial charge < -0.3 is 14.2 Å². The number of fused-ring (bicyclic) bond motifs is 1. The SMILES string of the molecule is COCCOC[C@H]1Cc2ccccc2N(C(=O)OC(C)(C)C)C1. The maximum atomic E-state index is 12.5. The molecule has 0 saturated carbocycles. The van der Waals surface area contributed by atoms with Crippen LogP contribution in [-0.4, -0.2) is 45.2 Å². The molecule has 0 unspecified atom stereocenters. The molecule has 1 aromatic carbocycles. The van der Waals surface area contributed by atoms with Crippen LogP contribution < -0.4 is 4.90 Å². The Morgan fingerprint density at radius 3 is 2.70 bits per heavy atom. The molecule has 1 amide bonds. The molecule has 23 heavy (non-hydrogen) atoms. The van der Waals surface area contributed by atoms with Crippen molar-refractivity contribution in [2.24, 2.45) is 5.92 Å². The van der Waals surface area contributed by atoms with Gasteiger partial charge in [0.2, 0.25) is 0 Å². The summed E-state index contributed by atoms with van der Waals surface area (Å²) in [5.41, 5.74) is 1.59. The van der Waals surface area contributed by atoms with Crippen molar-refractivity contribution in [1.29, 1.82) is 0 Å². The molecule has 1 aromatic rings. The molecule has 0 spiro atoms. The average molecular weight is 321 g/mol. The van der Waals surface area contributed by atoms with E-state index in [1.807, 2.05) is 39.0 Å². The van der Waals surface area contributed by atoms with E-state index >= 15 is 0 Å². The van der Waals surface area contributed by atoms with Crippen LogP contribution in [0.5, 0.6) is 0 Å². The molecule has 1 aliphatic rings. The standard InChI is InChI=1S/C18H27NO4/c1-18(2,3)23-17(20)19-12-14(13-22-10-9-21-4)11-15-7-5-6-8-16(15)19/h5-8,14H,9-13H2,1-4H3/t14-/m0/s1. The summed E-state index contributed by atoms with van der Waals surface area (Å²) in [7, 11) is 1.66. The highest BCUT2D eigenvalue weighted by atomic mass is 16.6. The lowest BCUT2D eigenvalue weighted by molar-refractivity contribution is 0.0455. The van der Waals surface area contributed by atoms with Gasteiger partial charge in [-0.15, -0.1) is 0 Å². The van der Waals surface area contributed by atoms with Crippen LogP contribution in [-0.2, 0) is 20.6 Å². The Bertz CT molecular complexity index is 524. The van der Waals surface area contributed by atoms with Crippen molar-refractivity contribution >= 4 is 11.8 Å². The number of anilines is 1. The second-order valence-electron chi connectivity index (χ2n) is 6.86. The normalized spacial score (nSPS) is 17.7. The van der Waals surface area contributed by atoms with Gasteiger partial charge in [0.25, 0.3) is 0 Å². The van der Waals surface area contributed by atoms with E-state index in [0.29, 0.717) is 26.4 Å². The Hall–Kier alpha value is -1.59.